The highest BCUT2D eigenvalue weighted by atomic mass is 32.2. The zero-order valence-electron chi connectivity index (χ0n) is 15.9. The number of hydrogen-bond donors (Lipinski definition) is 2. The maximum Gasteiger partial charge on any atom is 0.435 e. The molecule has 0 aromatic carbocycles. The number of carbonyl (C=O) groups excluding carboxylic acids is 1. The lowest BCUT2D eigenvalue weighted by atomic mass is 9.90. The van der Waals surface area contributed by atoms with Gasteiger partial charge in [0.1, 0.15) is 5.60 Å². The van der Waals surface area contributed by atoms with Crippen LogP contribution in [0.15, 0.2) is 11.1 Å². The van der Waals surface area contributed by atoms with Crippen molar-refractivity contribution in [2.75, 3.05) is 32.1 Å². The molecule has 2 atom stereocenters. The molecule has 8 nitrogen and oxygen atoms in total. The Morgan fingerprint density at radius 3 is 3.04 bits per heavy atom. The van der Waals surface area contributed by atoms with Gasteiger partial charge in [0.25, 0.3) is 0 Å². The molecule has 2 saturated heterocycles. The first kappa shape index (κ1) is 20.2. The molecule has 27 heavy (non-hydrogen) atoms. The van der Waals surface area contributed by atoms with Crippen LogP contribution in [0, 0.1) is 0 Å². The highest BCUT2D eigenvalue weighted by molar-refractivity contribution is 7.99. The first-order valence-electron chi connectivity index (χ1n) is 9.61. The first-order valence-corrected chi connectivity index (χ1v) is 10.7. The number of carbonyl (C=O) groups is 1. The van der Waals surface area contributed by atoms with E-state index in [0.29, 0.717) is 18.9 Å². The third-order valence-corrected chi connectivity index (χ3v) is 6.24. The second-order valence-electron chi connectivity index (χ2n) is 6.70. The normalized spacial score (nSPS) is 26.7. The number of rotatable bonds is 4. The summed E-state index contributed by atoms with van der Waals surface area (Å²) in [6.45, 7) is 6.34. The third kappa shape index (κ3) is 4.47. The van der Waals surface area contributed by atoms with Gasteiger partial charge in [0.2, 0.25) is 0 Å². The van der Waals surface area contributed by atoms with Crippen LogP contribution in [-0.2, 0) is 15.1 Å². The van der Waals surface area contributed by atoms with Crippen molar-refractivity contribution in [2.45, 2.75) is 50.4 Å². The molecule has 2 aliphatic rings. The molecule has 3 rings (SSSR count). The number of nitrogens with zero attached hydrogens (tertiary/aromatic N) is 3. The summed E-state index contributed by atoms with van der Waals surface area (Å²) in [6, 6.07) is 1.66. The molecule has 150 valence electrons. The zero-order chi connectivity index (χ0) is 19.3. The minimum absolute atomic E-state index is 0.127. The lowest BCUT2D eigenvalue weighted by Gasteiger charge is -2.36. The van der Waals surface area contributed by atoms with Crippen molar-refractivity contribution < 1.29 is 19.5 Å². The van der Waals surface area contributed by atoms with Gasteiger partial charge in [-0.15, -0.1) is 11.8 Å². The Bertz CT molecular complexity index is 725. The fourth-order valence-corrected chi connectivity index (χ4v) is 4.59. The Balaban J connectivity index is 2.11. The van der Waals surface area contributed by atoms with Gasteiger partial charge in [-0.25, -0.2) is 9.78 Å². The summed E-state index contributed by atoms with van der Waals surface area (Å²) in [7, 11) is 0. The fourth-order valence-electron chi connectivity index (χ4n) is 3.51. The maximum atomic E-state index is 11.9. The van der Waals surface area contributed by atoms with Crippen molar-refractivity contribution >= 4 is 17.9 Å². The zero-order valence-corrected chi connectivity index (χ0v) is 16.8. The van der Waals surface area contributed by atoms with Gasteiger partial charge < -0.3 is 20.0 Å². The Morgan fingerprint density at radius 1 is 1.56 bits per heavy atom. The van der Waals surface area contributed by atoms with E-state index >= 15 is 0 Å². The van der Waals surface area contributed by atoms with Crippen LogP contribution >= 0.6 is 11.8 Å². The Hall–Kier alpha value is -1.58. The van der Waals surface area contributed by atoms with E-state index in [1.165, 1.54) is 0 Å². The summed E-state index contributed by atoms with van der Waals surface area (Å²) in [5.41, 5.74) is 0.244. The molecular weight excluding hydrogens is 368 g/mol. The smallest absolute Gasteiger partial charge is 0.435 e. The van der Waals surface area contributed by atoms with Gasteiger partial charge in [-0.05, 0) is 32.6 Å². The molecule has 0 aliphatic carbocycles. The molecular formula is C18H28N4O4S. The molecule has 0 radical (unpaired) electrons. The molecule has 1 amide bonds. The number of thioether (sulfide) groups is 1. The highest BCUT2D eigenvalue weighted by Gasteiger charge is 2.39. The summed E-state index contributed by atoms with van der Waals surface area (Å²) in [5, 5.41) is 14.3. The lowest BCUT2D eigenvalue weighted by Crippen LogP contribution is -2.41. The molecule has 0 bridgehead atoms. The van der Waals surface area contributed by atoms with E-state index in [4.69, 9.17) is 14.5 Å². The molecule has 2 unspecified atom stereocenters. The monoisotopic (exact) mass is 396 g/mol. The summed E-state index contributed by atoms with van der Waals surface area (Å²) >= 11 is 1.81. The topological polar surface area (TPSA) is 98.0 Å². The van der Waals surface area contributed by atoms with Crippen LogP contribution in [-0.4, -0.2) is 53.1 Å². The molecule has 0 saturated carbocycles. The Kier molecular flexibility index (Phi) is 6.78. The lowest BCUT2D eigenvalue weighted by molar-refractivity contribution is -0.104. The van der Waals surface area contributed by atoms with Gasteiger partial charge in [0.05, 0.1) is 17.6 Å². The van der Waals surface area contributed by atoms with Gasteiger partial charge in [-0.1, -0.05) is 6.92 Å². The predicted molar refractivity (Wildman–Crippen MR) is 102 cm³/mol. The first-order chi connectivity index (χ1) is 13.1. The van der Waals surface area contributed by atoms with Crippen LogP contribution in [0.5, 0.6) is 0 Å². The van der Waals surface area contributed by atoms with Crippen LogP contribution in [0.3, 0.4) is 0 Å². The second-order valence-corrected chi connectivity index (χ2v) is 8.01. The predicted octanol–water partition coefficient (Wildman–Crippen LogP) is 2.36. The molecule has 2 N–H and O–H groups in total. The van der Waals surface area contributed by atoms with Crippen LogP contribution < -0.4 is 10.8 Å². The van der Waals surface area contributed by atoms with Crippen LogP contribution in [0.2, 0.25) is 0 Å². The quantitative estimate of drug-likeness (QED) is 0.754. The van der Waals surface area contributed by atoms with Gasteiger partial charge in [-0.2, -0.15) is 9.72 Å². The van der Waals surface area contributed by atoms with E-state index in [-0.39, 0.29) is 17.3 Å². The van der Waals surface area contributed by atoms with E-state index in [9.17, 15) is 10.0 Å². The van der Waals surface area contributed by atoms with Crippen molar-refractivity contribution in [3.63, 3.8) is 0 Å². The van der Waals surface area contributed by atoms with Crippen LogP contribution in [0.4, 0.5) is 4.79 Å². The molecule has 3 heterocycles. The SMILES string of the molecule is CCOC(=O)N=c1cc(C2CNCCS2)nc(C2(CC)CCCCO2)n1O. The van der Waals surface area contributed by atoms with E-state index in [1.54, 1.807) is 13.0 Å². The minimum Gasteiger partial charge on any atom is -0.448 e. The number of hydrogen-bond acceptors (Lipinski definition) is 7. The minimum atomic E-state index is -0.729. The average Bonchev–Trinajstić information content (AvgIpc) is 2.71. The van der Waals surface area contributed by atoms with Crippen molar-refractivity contribution in [3.8, 4) is 0 Å². The standard InChI is InChI=1S/C18H28N4O4S/c1-3-18(7-5-6-9-26-18)16-20-13(14-12-19-8-10-27-14)11-15(22(16)24)21-17(23)25-4-2/h11,14,19,24H,3-10,12H2,1-2H3. The van der Waals surface area contributed by atoms with E-state index in [1.807, 2.05) is 18.7 Å². The summed E-state index contributed by atoms with van der Waals surface area (Å²) in [4.78, 5) is 20.6. The average molecular weight is 397 g/mol. The Labute approximate surface area is 163 Å². The molecule has 1 aromatic rings. The highest BCUT2D eigenvalue weighted by Crippen LogP contribution is 2.37. The maximum absolute atomic E-state index is 11.9. The molecule has 1 aromatic heterocycles. The van der Waals surface area contributed by atoms with E-state index in [0.717, 1.165) is 48.5 Å². The number of aromatic nitrogens is 2. The third-order valence-electron chi connectivity index (χ3n) is 4.99. The van der Waals surface area contributed by atoms with Gasteiger partial charge in [-0.3, -0.25) is 0 Å². The Morgan fingerprint density at radius 2 is 2.41 bits per heavy atom. The number of amides is 1. The van der Waals surface area contributed by atoms with Gasteiger partial charge >= 0.3 is 6.09 Å². The van der Waals surface area contributed by atoms with Crippen molar-refractivity contribution in [1.82, 2.24) is 15.0 Å². The van der Waals surface area contributed by atoms with Crippen LogP contribution in [0.1, 0.15) is 56.3 Å². The van der Waals surface area contributed by atoms with Gasteiger partial charge in [0, 0.05) is 31.5 Å². The van der Waals surface area contributed by atoms with Crippen molar-refractivity contribution in [2.24, 2.45) is 4.99 Å². The number of ether oxygens (including phenoxy) is 2. The molecule has 9 heteroatoms. The summed E-state index contributed by atoms with van der Waals surface area (Å²) in [6.07, 6.45) is 2.72. The van der Waals surface area contributed by atoms with Crippen LogP contribution in [0.25, 0.3) is 0 Å². The summed E-state index contributed by atoms with van der Waals surface area (Å²) < 4.78 is 11.9. The second kappa shape index (κ2) is 9.07. The molecule has 2 aliphatic heterocycles. The van der Waals surface area contributed by atoms with E-state index in [2.05, 4.69) is 10.3 Å². The molecule has 2 fully saturated rings. The van der Waals surface area contributed by atoms with Crippen molar-refractivity contribution in [1.29, 1.82) is 0 Å². The summed E-state index contributed by atoms with van der Waals surface area (Å²) in [5.74, 6) is 1.39. The largest absolute Gasteiger partial charge is 0.448 e. The fraction of sp³-hybridized carbons (Fsp3) is 0.722. The molecule has 0 spiro atoms. The van der Waals surface area contributed by atoms with Crippen molar-refractivity contribution in [3.05, 3.63) is 23.1 Å². The van der Waals surface area contributed by atoms with Gasteiger partial charge in [0.15, 0.2) is 11.3 Å². The number of nitrogens with one attached hydrogen (secondary N) is 1. The van der Waals surface area contributed by atoms with E-state index < -0.39 is 11.7 Å².